The molecule has 4 nitrogen and oxygen atoms in total. The molecule has 1 amide bonds. The summed E-state index contributed by atoms with van der Waals surface area (Å²) in [4.78, 5) is 22.5. The van der Waals surface area contributed by atoms with Gasteiger partial charge in [0.25, 0.3) is 0 Å². The lowest BCUT2D eigenvalue weighted by Gasteiger charge is -2.35. The van der Waals surface area contributed by atoms with Crippen LogP contribution in [0.25, 0.3) is 5.69 Å². The highest BCUT2D eigenvalue weighted by Crippen LogP contribution is 2.39. The highest BCUT2D eigenvalue weighted by Gasteiger charge is 2.33. The zero-order chi connectivity index (χ0) is 20.5. The van der Waals surface area contributed by atoms with Crippen LogP contribution in [0.4, 0.5) is 0 Å². The highest BCUT2D eigenvalue weighted by molar-refractivity contribution is 7.99. The number of fused-ring (bicyclic) bond motifs is 1. The van der Waals surface area contributed by atoms with Gasteiger partial charge in [-0.2, -0.15) is 0 Å². The zero-order valence-corrected chi connectivity index (χ0v) is 19.0. The largest absolute Gasteiger partial charge is 0.330 e. The van der Waals surface area contributed by atoms with Gasteiger partial charge >= 0.3 is 0 Å². The first kappa shape index (κ1) is 19.6. The van der Waals surface area contributed by atoms with Gasteiger partial charge in [-0.05, 0) is 59.5 Å². The van der Waals surface area contributed by atoms with E-state index < -0.39 is 0 Å². The van der Waals surface area contributed by atoms with Crippen molar-refractivity contribution in [3.8, 4) is 5.69 Å². The van der Waals surface area contributed by atoms with Crippen molar-refractivity contribution in [2.75, 3.05) is 12.3 Å². The number of thioether (sulfide) groups is 1. The lowest BCUT2D eigenvalue weighted by atomic mass is 9.98. The van der Waals surface area contributed by atoms with Gasteiger partial charge in [0.1, 0.15) is 0 Å². The monoisotopic (exact) mass is 451 g/mol. The number of thiophene rings is 2. The number of aryl methyl sites for hydroxylation is 1. The first-order valence-electron chi connectivity index (χ1n) is 9.83. The van der Waals surface area contributed by atoms with Gasteiger partial charge in [0.05, 0.1) is 11.8 Å². The standard InChI is InChI=1S/C23H21N3OS3/c1-16-4-2-5-17(14-16)25-11-9-24-23(25)30-15-21(27)26-10-7-19-18(8-13-29-19)22(26)20-6-3-12-28-20/h2-6,8-9,11-14,22H,7,10,15H2,1H3. The van der Waals surface area contributed by atoms with E-state index in [-0.39, 0.29) is 11.9 Å². The molecule has 5 rings (SSSR count). The number of rotatable bonds is 5. The van der Waals surface area contributed by atoms with Crippen LogP contribution in [0, 0.1) is 6.92 Å². The van der Waals surface area contributed by atoms with Gasteiger partial charge in [0.2, 0.25) is 5.91 Å². The Balaban J connectivity index is 1.36. The molecule has 1 aliphatic heterocycles. The maximum absolute atomic E-state index is 13.3. The third-order valence-corrected chi connectivity index (χ3v) is 8.18. The number of benzene rings is 1. The van der Waals surface area contributed by atoms with Crippen LogP contribution in [0.15, 0.2) is 70.8 Å². The van der Waals surface area contributed by atoms with Gasteiger partial charge in [-0.1, -0.05) is 30.0 Å². The summed E-state index contributed by atoms with van der Waals surface area (Å²) >= 11 is 5.03. The molecular weight excluding hydrogens is 430 g/mol. The Morgan fingerprint density at radius 1 is 1.20 bits per heavy atom. The fourth-order valence-electron chi connectivity index (χ4n) is 3.92. The molecule has 7 heteroatoms. The number of imidazole rings is 1. The molecule has 0 N–H and O–H groups in total. The Morgan fingerprint density at radius 3 is 2.97 bits per heavy atom. The van der Waals surface area contributed by atoms with Crippen molar-refractivity contribution in [2.24, 2.45) is 0 Å². The summed E-state index contributed by atoms with van der Waals surface area (Å²) in [6.07, 6.45) is 4.68. The average molecular weight is 452 g/mol. The summed E-state index contributed by atoms with van der Waals surface area (Å²) < 4.78 is 2.05. The molecule has 4 aromatic rings. The van der Waals surface area contributed by atoms with E-state index >= 15 is 0 Å². The van der Waals surface area contributed by atoms with Crippen LogP contribution < -0.4 is 0 Å². The van der Waals surface area contributed by atoms with Crippen LogP contribution in [-0.2, 0) is 11.2 Å². The Kier molecular flexibility index (Phi) is 5.50. The number of nitrogens with zero attached hydrogens (tertiary/aromatic N) is 3. The van der Waals surface area contributed by atoms with Crippen molar-refractivity contribution in [3.63, 3.8) is 0 Å². The molecule has 0 saturated carbocycles. The number of aromatic nitrogens is 2. The maximum Gasteiger partial charge on any atom is 0.233 e. The Labute approximate surface area is 188 Å². The molecule has 0 fully saturated rings. The van der Waals surface area contributed by atoms with Crippen LogP contribution in [0.2, 0.25) is 0 Å². The molecule has 0 saturated heterocycles. The Morgan fingerprint density at radius 2 is 2.13 bits per heavy atom. The molecule has 0 spiro atoms. The molecule has 0 bridgehead atoms. The van der Waals surface area contributed by atoms with E-state index in [9.17, 15) is 4.79 Å². The van der Waals surface area contributed by atoms with Crippen molar-refractivity contribution in [1.29, 1.82) is 0 Å². The molecule has 30 heavy (non-hydrogen) atoms. The fraction of sp³-hybridized carbons (Fsp3) is 0.217. The number of carbonyl (C=O) groups is 1. The van der Waals surface area contributed by atoms with E-state index in [1.165, 1.54) is 32.6 Å². The Hall–Kier alpha value is -2.35. The van der Waals surface area contributed by atoms with E-state index in [1.807, 2.05) is 17.2 Å². The quantitative estimate of drug-likeness (QED) is 0.372. The van der Waals surface area contributed by atoms with Crippen molar-refractivity contribution in [3.05, 3.63) is 86.5 Å². The summed E-state index contributed by atoms with van der Waals surface area (Å²) in [5, 5.41) is 5.08. The first-order chi connectivity index (χ1) is 14.7. The molecule has 4 heterocycles. The molecule has 0 aliphatic carbocycles. The average Bonchev–Trinajstić information content (AvgIpc) is 3.52. The summed E-state index contributed by atoms with van der Waals surface area (Å²) in [5.41, 5.74) is 3.56. The lowest BCUT2D eigenvalue weighted by Crippen LogP contribution is -2.40. The summed E-state index contributed by atoms with van der Waals surface area (Å²) in [6, 6.07) is 14.7. The van der Waals surface area contributed by atoms with Crippen LogP contribution in [-0.4, -0.2) is 32.7 Å². The second kappa shape index (κ2) is 8.41. The molecule has 3 aromatic heterocycles. The second-order valence-electron chi connectivity index (χ2n) is 7.26. The van der Waals surface area contributed by atoms with Gasteiger partial charge in [-0.3, -0.25) is 9.36 Å². The molecule has 1 aromatic carbocycles. The first-order valence-corrected chi connectivity index (χ1v) is 12.6. The second-order valence-corrected chi connectivity index (χ2v) is 10.2. The predicted molar refractivity (Wildman–Crippen MR) is 125 cm³/mol. The summed E-state index contributed by atoms with van der Waals surface area (Å²) in [5.74, 6) is 0.540. The smallest absolute Gasteiger partial charge is 0.233 e. The number of hydrogen-bond donors (Lipinski definition) is 0. The minimum absolute atomic E-state index is 0.0321. The van der Waals surface area contributed by atoms with Crippen molar-refractivity contribution < 1.29 is 4.79 Å². The Bertz CT molecular complexity index is 1160. The topological polar surface area (TPSA) is 38.1 Å². The molecule has 1 aliphatic rings. The van der Waals surface area contributed by atoms with Gasteiger partial charge in [-0.15, -0.1) is 22.7 Å². The van der Waals surface area contributed by atoms with E-state index in [2.05, 4.69) is 63.6 Å². The van der Waals surface area contributed by atoms with Crippen LogP contribution in [0.3, 0.4) is 0 Å². The van der Waals surface area contributed by atoms with E-state index in [4.69, 9.17) is 0 Å². The fourth-order valence-corrected chi connectivity index (χ4v) is 6.54. The van der Waals surface area contributed by atoms with E-state index in [1.54, 1.807) is 28.9 Å². The van der Waals surface area contributed by atoms with Crippen LogP contribution in [0.1, 0.15) is 26.9 Å². The predicted octanol–water partition coefficient (Wildman–Crippen LogP) is 5.57. The minimum atomic E-state index is 0.0321. The van der Waals surface area contributed by atoms with Crippen molar-refractivity contribution in [1.82, 2.24) is 14.5 Å². The molecule has 1 atom stereocenters. The van der Waals surface area contributed by atoms with Gasteiger partial charge in [0, 0.05) is 34.4 Å². The van der Waals surface area contributed by atoms with E-state index in [0.717, 1.165) is 23.8 Å². The van der Waals surface area contributed by atoms with Gasteiger partial charge in [-0.25, -0.2) is 4.98 Å². The summed E-state index contributed by atoms with van der Waals surface area (Å²) in [7, 11) is 0. The van der Waals surface area contributed by atoms with Crippen molar-refractivity contribution >= 4 is 40.3 Å². The molecule has 152 valence electrons. The molecular formula is C23H21N3OS3. The number of amides is 1. The van der Waals surface area contributed by atoms with Gasteiger partial charge in [0.15, 0.2) is 5.16 Å². The normalized spacial score (nSPS) is 15.9. The minimum Gasteiger partial charge on any atom is -0.330 e. The zero-order valence-electron chi connectivity index (χ0n) is 16.5. The lowest BCUT2D eigenvalue weighted by molar-refractivity contribution is -0.130. The third kappa shape index (κ3) is 3.73. The number of carbonyl (C=O) groups excluding carboxylic acids is 1. The third-order valence-electron chi connectivity index (χ3n) is 5.31. The van der Waals surface area contributed by atoms with Gasteiger partial charge < -0.3 is 4.90 Å². The number of hydrogen-bond acceptors (Lipinski definition) is 5. The highest BCUT2D eigenvalue weighted by atomic mass is 32.2. The molecule has 1 unspecified atom stereocenters. The van der Waals surface area contributed by atoms with Crippen LogP contribution >= 0.6 is 34.4 Å². The molecule has 0 radical (unpaired) electrons. The maximum atomic E-state index is 13.3. The van der Waals surface area contributed by atoms with Crippen molar-refractivity contribution in [2.45, 2.75) is 24.5 Å². The van der Waals surface area contributed by atoms with E-state index in [0.29, 0.717) is 5.75 Å². The summed E-state index contributed by atoms with van der Waals surface area (Å²) in [6.45, 7) is 2.85. The SMILES string of the molecule is Cc1cccc(-n2ccnc2SCC(=O)N2CCc3sccc3C2c2cccs2)c1. The van der Waals surface area contributed by atoms with Crippen LogP contribution in [0.5, 0.6) is 0 Å².